The minimum Gasteiger partial charge on any atom is -0.480 e. The lowest BCUT2D eigenvalue weighted by molar-refractivity contribution is -0.149. The molecule has 0 saturated heterocycles. The van der Waals surface area contributed by atoms with Crippen LogP contribution in [0.15, 0.2) is 0 Å². The number of carbonyl (C=O) groups excluding carboxylic acids is 1. The van der Waals surface area contributed by atoms with E-state index in [1.54, 1.807) is 0 Å². The molecule has 2 unspecified atom stereocenters. The van der Waals surface area contributed by atoms with E-state index in [-0.39, 0.29) is 11.9 Å². The second-order valence-electron chi connectivity index (χ2n) is 5.96. The molecule has 2 fully saturated rings. The first-order valence-electron chi connectivity index (χ1n) is 6.72. The SMILES string of the molecule is CC1(C(=O)NC2(C(=O)O)CCCC2)CCCC1N. The molecule has 0 aromatic rings. The van der Waals surface area contributed by atoms with Crippen LogP contribution in [0.1, 0.15) is 51.9 Å². The molecule has 0 spiro atoms. The summed E-state index contributed by atoms with van der Waals surface area (Å²) in [7, 11) is 0. The van der Waals surface area contributed by atoms with Gasteiger partial charge in [0.25, 0.3) is 0 Å². The van der Waals surface area contributed by atoms with Crippen molar-refractivity contribution in [1.29, 1.82) is 0 Å². The number of carboxylic acids is 1. The third-order valence-electron chi connectivity index (χ3n) is 4.77. The molecule has 0 aromatic carbocycles. The highest BCUT2D eigenvalue weighted by Gasteiger charge is 2.49. The molecule has 102 valence electrons. The maximum absolute atomic E-state index is 12.4. The summed E-state index contributed by atoms with van der Waals surface area (Å²) in [6, 6.07) is -0.162. The number of amides is 1. The van der Waals surface area contributed by atoms with E-state index in [2.05, 4.69) is 5.32 Å². The fourth-order valence-electron chi connectivity index (χ4n) is 3.21. The summed E-state index contributed by atoms with van der Waals surface area (Å²) in [5, 5.41) is 12.1. The molecule has 2 rings (SSSR count). The van der Waals surface area contributed by atoms with Crippen molar-refractivity contribution in [3.63, 3.8) is 0 Å². The third-order valence-corrected chi connectivity index (χ3v) is 4.77. The van der Waals surface area contributed by atoms with Crippen LogP contribution in [0, 0.1) is 5.41 Å². The predicted molar refractivity (Wildman–Crippen MR) is 66.9 cm³/mol. The van der Waals surface area contributed by atoms with Gasteiger partial charge in [-0.15, -0.1) is 0 Å². The van der Waals surface area contributed by atoms with Gasteiger partial charge in [-0.2, -0.15) is 0 Å². The lowest BCUT2D eigenvalue weighted by atomic mass is 9.82. The topological polar surface area (TPSA) is 92.4 Å². The van der Waals surface area contributed by atoms with Crippen molar-refractivity contribution in [2.24, 2.45) is 11.1 Å². The lowest BCUT2D eigenvalue weighted by Crippen LogP contribution is -2.58. The van der Waals surface area contributed by atoms with E-state index < -0.39 is 16.9 Å². The highest BCUT2D eigenvalue weighted by Crippen LogP contribution is 2.39. The molecule has 4 N–H and O–H groups in total. The van der Waals surface area contributed by atoms with Crippen LogP contribution < -0.4 is 11.1 Å². The number of aliphatic carboxylic acids is 1. The lowest BCUT2D eigenvalue weighted by Gasteiger charge is -2.33. The molecule has 1 amide bonds. The van der Waals surface area contributed by atoms with Crippen molar-refractivity contribution in [3.05, 3.63) is 0 Å². The number of nitrogens with one attached hydrogen (secondary N) is 1. The van der Waals surface area contributed by atoms with E-state index in [1.807, 2.05) is 6.92 Å². The summed E-state index contributed by atoms with van der Waals surface area (Å²) in [5.41, 5.74) is 4.34. The summed E-state index contributed by atoms with van der Waals surface area (Å²) < 4.78 is 0. The first-order valence-corrected chi connectivity index (χ1v) is 6.72. The number of carbonyl (C=O) groups is 2. The second-order valence-corrected chi connectivity index (χ2v) is 5.96. The van der Waals surface area contributed by atoms with Gasteiger partial charge >= 0.3 is 5.97 Å². The van der Waals surface area contributed by atoms with Crippen molar-refractivity contribution in [3.8, 4) is 0 Å². The van der Waals surface area contributed by atoms with E-state index in [1.165, 1.54) is 0 Å². The van der Waals surface area contributed by atoms with Crippen molar-refractivity contribution in [2.75, 3.05) is 0 Å². The molecule has 2 saturated carbocycles. The Morgan fingerprint density at radius 2 is 1.83 bits per heavy atom. The van der Waals surface area contributed by atoms with Crippen LogP contribution in [-0.2, 0) is 9.59 Å². The first kappa shape index (κ1) is 13.3. The van der Waals surface area contributed by atoms with Crippen LogP contribution in [-0.4, -0.2) is 28.6 Å². The molecule has 2 aliphatic rings. The van der Waals surface area contributed by atoms with Gasteiger partial charge in [0.05, 0.1) is 5.41 Å². The second kappa shape index (κ2) is 4.53. The highest BCUT2D eigenvalue weighted by atomic mass is 16.4. The minimum atomic E-state index is -1.05. The Bertz CT molecular complexity index is 363. The van der Waals surface area contributed by atoms with Crippen LogP contribution >= 0.6 is 0 Å². The number of hydrogen-bond acceptors (Lipinski definition) is 3. The largest absolute Gasteiger partial charge is 0.480 e. The van der Waals surface area contributed by atoms with Gasteiger partial charge in [-0.05, 0) is 32.6 Å². The predicted octanol–water partition coefficient (Wildman–Crippen LogP) is 1.02. The van der Waals surface area contributed by atoms with Gasteiger partial charge < -0.3 is 16.2 Å². The summed E-state index contributed by atoms with van der Waals surface area (Å²) in [4.78, 5) is 23.8. The zero-order chi connectivity index (χ0) is 13.4. The van der Waals surface area contributed by atoms with E-state index >= 15 is 0 Å². The van der Waals surface area contributed by atoms with Crippen LogP contribution in [0.25, 0.3) is 0 Å². The zero-order valence-corrected chi connectivity index (χ0v) is 10.9. The van der Waals surface area contributed by atoms with Gasteiger partial charge in [-0.1, -0.05) is 19.3 Å². The number of nitrogens with two attached hydrogens (primary N) is 1. The summed E-state index contributed by atoms with van der Waals surface area (Å²) in [5.74, 6) is -1.10. The van der Waals surface area contributed by atoms with Gasteiger partial charge in [0.2, 0.25) is 5.91 Å². The van der Waals surface area contributed by atoms with Crippen LogP contribution in [0.3, 0.4) is 0 Å². The van der Waals surface area contributed by atoms with Crippen molar-refractivity contribution < 1.29 is 14.7 Å². The Kier molecular flexibility index (Phi) is 3.36. The average Bonchev–Trinajstić information content (AvgIpc) is 2.89. The van der Waals surface area contributed by atoms with Crippen molar-refractivity contribution in [2.45, 2.75) is 63.5 Å². The standard InChI is InChI=1S/C13H22N2O3/c1-12(6-4-5-9(12)14)10(16)15-13(11(17)18)7-2-3-8-13/h9H,2-8,14H2,1H3,(H,15,16)(H,17,18). The third kappa shape index (κ3) is 2.00. The molecule has 2 aliphatic carbocycles. The van der Waals surface area contributed by atoms with E-state index in [4.69, 9.17) is 5.73 Å². The molecule has 0 heterocycles. The van der Waals surface area contributed by atoms with Gasteiger partial charge in [0.15, 0.2) is 0 Å². The Hall–Kier alpha value is -1.10. The van der Waals surface area contributed by atoms with Gasteiger partial charge in [0, 0.05) is 6.04 Å². The molecular weight excluding hydrogens is 232 g/mol. The van der Waals surface area contributed by atoms with Crippen LogP contribution in [0.2, 0.25) is 0 Å². The van der Waals surface area contributed by atoms with Crippen LogP contribution in [0.4, 0.5) is 0 Å². The molecule has 0 aliphatic heterocycles. The van der Waals surface area contributed by atoms with Crippen molar-refractivity contribution >= 4 is 11.9 Å². The molecule has 0 radical (unpaired) electrons. The molecular formula is C13H22N2O3. The van der Waals surface area contributed by atoms with Crippen molar-refractivity contribution in [1.82, 2.24) is 5.32 Å². The average molecular weight is 254 g/mol. The van der Waals surface area contributed by atoms with Gasteiger partial charge in [-0.25, -0.2) is 4.79 Å². The summed E-state index contributed by atoms with van der Waals surface area (Å²) in [6.07, 6.45) is 5.29. The van der Waals surface area contributed by atoms with Crippen LogP contribution in [0.5, 0.6) is 0 Å². The molecule has 2 atom stereocenters. The van der Waals surface area contributed by atoms with Gasteiger partial charge in [-0.3, -0.25) is 4.79 Å². The Balaban J connectivity index is 2.13. The Labute approximate surface area is 107 Å². The first-order chi connectivity index (χ1) is 8.41. The molecule has 5 nitrogen and oxygen atoms in total. The summed E-state index contributed by atoms with van der Waals surface area (Å²) >= 11 is 0. The number of carboxylic acid groups (broad SMARTS) is 1. The molecule has 0 aromatic heterocycles. The summed E-state index contributed by atoms with van der Waals surface area (Å²) in [6.45, 7) is 1.85. The monoisotopic (exact) mass is 254 g/mol. The number of hydrogen-bond donors (Lipinski definition) is 3. The Morgan fingerprint density at radius 1 is 1.22 bits per heavy atom. The van der Waals surface area contributed by atoms with Gasteiger partial charge in [0.1, 0.15) is 5.54 Å². The van der Waals surface area contributed by atoms with E-state index in [9.17, 15) is 14.7 Å². The normalized spacial score (nSPS) is 34.4. The number of rotatable bonds is 3. The van der Waals surface area contributed by atoms with E-state index in [0.29, 0.717) is 12.8 Å². The minimum absolute atomic E-state index is 0.162. The molecule has 5 heteroatoms. The molecule has 0 bridgehead atoms. The highest BCUT2D eigenvalue weighted by molar-refractivity contribution is 5.90. The maximum Gasteiger partial charge on any atom is 0.329 e. The fraction of sp³-hybridized carbons (Fsp3) is 0.846. The molecule has 18 heavy (non-hydrogen) atoms. The Morgan fingerprint density at radius 3 is 2.28 bits per heavy atom. The fourth-order valence-corrected chi connectivity index (χ4v) is 3.21. The maximum atomic E-state index is 12.4. The smallest absolute Gasteiger partial charge is 0.329 e. The quantitative estimate of drug-likeness (QED) is 0.701. The van der Waals surface area contributed by atoms with E-state index in [0.717, 1.165) is 32.1 Å². The zero-order valence-electron chi connectivity index (χ0n) is 10.9.